The second-order valence-electron chi connectivity index (χ2n) is 7.39. The molecule has 0 bridgehead atoms. The minimum atomic E-state index is -0.204. The number of benzene rings is 2. The smallest absolute Gasteiger partial charge is 0.247 e. The normalized spacial score (nSPS) is 13.0. The van der Waals surface area contributed by atoms with Crippen molar-refractivity contribution in [1.29, 1.82) is 0 Å². The van der Waals surface area contributed by atoms with Crippen molar-refractivity contribution >= 4 is 22.9 Å². The molecule has 3 rings (SSSR count). The van der Waals surface area contributed by atoms with Crippen molar-refractivity contribution in [1.82, 2.24) is 10.3 Å². The zero-order chi connectivity index (χ0) is 20.3. The van der Waals surface area contributed by atoms with Crippen LogP contribution in [0, 0.1) is 13.8 Å². The van der Waals surface area contributed by atoms with Crippen LogP contribution in [0.4, 0.5) is 0 Å². The van der Waals surface area contributed by atoms with E-state index >= 15 is 0 Å². The van der Waals surface area contributed by atoms with Crippen LogP contribution in [-0.4, -0.2) is 28.6 Å². The summed E-state index contributed by atoms with van der Waals surface area (Å²) in [6, 6.07) is 12.6. The van der Waals surface area contributed by atoms with Crippen LogP contribution < -0.4 is 5.32 Å². The fourth-order valence-corrected chi connectivity index (χ4v) is 3.40. The number of aromatic nitrogens is 1. The van der Waals surface area contributed by atoms with Gasteiger partial charge in [-0.3, -0.25) is 4.79 Å². The summed E-state index contributed by atoms with van der Waals surface area (Å²) in [5.74, 6) is -0.139. The fraction of sp³-hybridized carbons (Fsp3) is 0.292. The minimum Gasteiger partial charge on any atom is -0.394 e. The Bertz CT molecular complexity index is 1030. The highest BCUT2D eigenvalue weighted by molar-refractivity contribution is 5.97. The Morgan fingerprint density at radius 3 is 2.68 bits per heavy atom. The summed E-state index contributed by atoms with van der Waals surface area (Å²) < 4.78 is 0. The molecule has 4 nitrogen and oxygen atoms in total. The maximum absolute atomic E-state index is 12.4. The Kier molecular flexibility index (Phi) is 6.00. The third-order valence-corrected chi connectivity index (χ3v) is 5.26. The first-order chi connectivity index (χ1) is 13.4. The molecule has 146 valence electrons. The van der Waals surface area contributed by atoms with Crippen molar-refractivity contribution in [3.8, 4) is 11.1 Å². The largest absolute Gasteiger partial charge is 0.394 e. The number of nitrogens with one attached hydrogen (secondary N) is 2. The number of amides is 1. The number of rotatable bonds is 6. The van der Waals surface area contributed by atoms with Gasteiger partial charge in [0, 0.05) is 17.3 Å². The molecular formula is C24H28N2O2. The van der Waals surface area contributed by atoms with Gasteiger partial charge in [0.25, 0.3) is 0 Å². The number of carbonyl (C=O) groups excluding carboxylic acids is 1. The van der Waals surface area contributed by atoms with Crippen molar-refractivity contribution in [2.45, 2.75) is 40.2 Å². The Balaban J connectivity index is 1.90. The van der Waals surface area contributed by atoms with Crippen LogP contribution in [0.25, 0.3) is 28.1 Å². The maximum atomic E-state index is 12.4. The second-order valence-corrected chi connectivity index (χ2v) is 7.39. The molecule has 0 aliphatic rings. The molecule has 1 amide bonds. The molecule has 0 fully saturated rings. The number of aromatic amines is 1. The molecule has 3 aromatic rings. The lowest BCUT2D eigenvalue weighted by molar-refractivity contribution is -0.118. The monoisotopic (exact) mass is 376 g/mol. The molecule has 0 unspecified atom stereocenters. The predicted molar refractivity (Wildman–Crippen MR) is 116 cm³/mol. The van der Waals surface area contributed by atoms with E-state index < -0.39 is 0 Å². The number of hydrogen-bond donors (Lipinski definition) is 3. The standard InChI is InChI=1S/C24H28N2O2/c1-5-21(14-27)26-24(28)17(4)11-20-10-16(3)22(12-15(20)2)18-6-7-23-19(13-18)8-9-25-23/h6-13,21,25,27H,5,14H2,1-4H3,(H,26,28)/t21-/m0/s1. The summed E-state index contributed by atoms with van der Waals surface area (Å²) in [5.41, 5.74) is 7.48. The number of aryl methyl sites for hydroxylation is 2. The highest BCUT2D eigenvalue weighted by Gasteiger charge is 2.12. The van der Waals surface area contributed by atoms with E-state index in [9.17, 15) is 9.90 Å². The summed E-state index contributed by atoms with van der Waals surface area (Å²) in [6.45, 7) is 7.87. The number of fused-ring (bicyclic) bond motifs is 1. The molecule has 1 aromatic heterocycles. The van der Waals surface area contributed by atoms with E-state index in [1.54, 1.807) is 0 Å². The van der Waals surface area contributed by atoms with Crippen molar-refractivity contribution in [2.75, 3.05) is 6.61 Å². The van der Waals surface area contributed by atoms with Crippen LogP contribution in [0.15, 0.2) is 48.2 Å². The summed E-state index contributed by atoms with van der Waals surface area (Å²) in [5, 5.41) is 13.3. The van der Waals surface area contributed by atoms with E-state index in [0.29, 0.717) is 12.0 Å². The topological polar surface area (TPSA) is 65.1 Å². The Labute approximate surface area is 166 Å². The van der Waals surface area contributed by atoms with Gasteiger partial charge >= 0.3 is 0 Å². The molecule has 3 N–H and O–H groups in total. The first kappa shape index (κ1) is 19.9. The minimum absolute atomic E-state index is 0.0478. The van der Waals surface area contributed by atoms with Gasteiger partial charge in [0.05, 0.1) is 12.6 Å². The number of hydrogen-bond acceptors (Lipinski definition) is 2. The Morgan fingerprint density at radius 1 is 1.18 bits per heavy atom. The SMILES string of the molecule is CC[C@@H](CO)NC(=O)C(C)=Cc1cc(C)c(-c2ccc3[nH]ccc3c2)cc1C. The lowest BCUT2D eigenvalue weighted by Gasteiger charge is -2.15. The van der Waals surface area contributed by atoms with E-state index in [4.69, 9.17) is 0 Å². The summed E-state index contributed by atoms with van der Waals surface area (Å²) in [7, 11) is 0. The van der Waals surface area contributed by atoms with Crippen LogP contribution in [0.2, 0.25) is 0 Å². The van der Waals surface area contributed by atoms with E-state index in [-0.39, 0.29) is 18.6 Å². The van der Waals surface area contributed by atoms with E-state index in [1.165, 1.54) is 22.1 Å². The van der Waals surface area contributed by atoms with E-state index in [2.05, 4.69) is 60.5 Å². The first-order valence-electron chi connectivity index (χ1n) is 9.71. The number of aliphatic hydroxyl groups excluding tert-OH is 1. The van der Waals surface area contributed by atoms with Gasteiger partial charge < -0.3 is 15.4 Å². The van der Waals surface area contributed by atoms with Gasteiger partial charge in [0.15, 0.2) is 0 Å². The highest BCUT2D eigenvalue weighted by atomic mass is 16.3. The summed E-state index contributed by atoms with van der Waals surface area (Å²) >= 11 is 0. The van der Waals surface area contributed by atoms with E-state index in [1.807, 2.05) is 26.1 Å². The second kappa shape index (κ2) is 8.44. The van der Waals surface area contributed by atoms with Gasteiger partial charge in [0.1, 0.15) is 0 Å². The molecule has 0 saturated heterocycles. The van der Waals surface area contributed by atoms with E-state index in [0.717, 1.165) is 16.6 Å². The van der Waals surface area contributed by atoms with Crippen LogP contribution in [0.5, 0.6) is 0 Å². The summed E-state index contributed by atoms with van der Waals surface area (Å²) in [6.07, 6.45) is 4.57. The molecule has 0 spiro atoms. The molecular weight excluding hydrogens is 348 g/mol. The van der Waals surface area contributed by atoms with Crippen LogP contribution in [0.3, 0.4) is 0 Å². The third kappa shape index (κ3) is 4.18. The molecule has 0 aliphatic heterocycles. The molecule has 0 radical (unpaired) electrons. The zero-order valence-electron chi connectivity index (χ0n) is 17.0. The quantitative estimate of drug-likeness (QED) is 0.544. The molecule has 1 atom stereocenters. The molecule has 4 heteroatoms. The summed E-state index contributed by atoms with van der Waals surface area (Å²) in [4.78, 5) is 15.6. The van der Waals surface area contributed by atoms with Crippen LogP contribution in [-0.2, 0) is 4.79 Å². The number of carbonyl (C=O) groups is 1. The van der Waals surface area contributed by atoms with Gasteiger partial charge in [-0.1, -0.05) is 25.1 Å². The van der Waals surface area contributed by atoms with Crippen LogP contribution in [0.1, 0.15) is 37.0 Å². The van der Waals surface area contributed by atoms with Crippen molar-refractivity contribution in [3.63, 3.8) is 0 Å². The van der Waals surface area contributed by atoms with Gasteiger partial charge in [-0.2, -0.15) is 0 Å². The predicted octanol–water partition coefficient (Wildman–Crippen LogP) is 4.74. The maximum Gasteiger partial charge on any atom is 0.247 e. The van der Waals surface area contributed by atoms with Crippen LogP contribution >= 0.6 is 0 Å². The van der Waals surface area contributed by atoms with Gasteiger partial charge in [-0.25, -0.2) is 0 Å². The van der Waals surface area contributed by atoms with Gasteiger partial charge in [0.2, 0.25) is 5.91 Å². The molecule has 1 heterocycles. The average Bonchev–Trinajstić information content (AvgIpc) is 3.16. The highest BCUT2D eigenvalue weighted by Crippen LogP contribution is 2.30. The number of H-pyrrole nitrogens is 1. The number of aliphatic hydroxyl groups is 1. The Hall–Kier alpha value is -2.85. The zero-order valence-corrected chi connectivity index (χ0v) is 17.0. The van der Waals surface area contributed by atoms with Crippen molar-refractivity contribution < 1.29 is 9.90 Å². The third-order valence-electron chi connectivity index (χ3n) is 5.26. The van der Waals surface area contributed by atoms with Crippen molar-refractivity contribution in [3.05, 3.63) is 64.9 Å². The van der Waals surface area contributed by atoms with Gasteiger partial charge in [-0.15, -0.1) is 0 Å². The van der Waals surface area contributed by atoms with Gasteiger partial charge in [-0.05, 0) is 84.7 Å². The lowest BCUT2D eigenvalue weighted by atomic mass is 9.93. The average molecular weight is 377 g/mol. The lowest BCUT2D eigenvalue weighted by Crippen LogP contribution is -2.37. The molecule has 0 saturated carbocycles. The van der Waals surface area contributed by atoms with Crippen molar-refractivity contribution in [2.24, 2.45) is 0 Å². The fourth-order valence-electron chi connectivity index (χ4n) is 3.40. The molecule has 28 heavy (non-hydrogen) atoms. The molecule has 2 aromatic carbocycles. The first-order valence-corrected chi connectivity index (χ1v) is 9.71. The molecule has 0 aliphatic carbocycles. The Morgan fingerprint density at radius 2 is 1.96 bits per heavy atom.